The summed E-state index contributed by atoms with van der Waals surface area (Å²) in [6.07, 6.45) is 2.20. The SMILES string of the molecule is O=C1CC(S)CN1c1ncc2ccccc2n1. The molecule has 1 unspecified atom stereocenters. The molecule has 17 heavy (non-hydrogen) atoms. The minimum Gasteiger partial charge on any atom is -0.280 e. The maximum Gasteiger partial charge on any atom is 0.232 e. The van der Waals surface area contributed by atoms with Gasteiger partial charge in [0.05, 0.1) is 5.52 Å². The number of carbonyl (C=O) groups is 1. The summed E-state index contributed by atoms with van der Waals surface area (Å²) >= 11 is 4.32. The number of thiol groups is 1. The van der Waals surface area contributed by atoms with Crippen molar-refractivity contribution < 1.29 is 4.79 Å². The number of fused-ring (bicyclic) bond motifs is 1. The molecule has 0 bridgehead atoms. The fraction of sp³-hybridized carbons (Fsp3) is 0.250. The first-order chi connectivity index (χ1) is 8.24. The molecule has 1 aromatic heterocycles. The standard InChI is InChI=1S/C12H11N3OS/c16-11-5-9(17)7-15(11)12-13-6-8-3-1-2-4-10(8)14-12/h1-4,6,9,17H,5,7H2. The molecule has 1 aliphatic heterocycles. The lowest BCUT2D eigenvalue weighted by Gasteiger charge is -2.13. The number of para-hydroxylation sites is 1. The van der Waals surface area contributed by atoms with Gasteiger partial charge in [0.25, 0.3) is 0 Å². The van der Waals surface area contributed by atoms with Gasteiger partial charge in [-0.05, 0) is 6.07 Å². The van der Waals surface area contributed by atoms with Crippen molar-refractivity contribution in [3.05, 3.63) is 30.5 Å². The second-order valence-electron chi connectivity index (χ2n) is 4.09. The van der Waals surface area contributed by atoms with E-state index in [9.17, 15) is 4.79 Å². The summed E-state index contributed by atoms with van der Waals surface area (Å²) in [6.45, 7) is 0.584. The molecule has 2 aromatic rings. The Morgan fingerprint density at radius 1 is 1.35 bits per heavy atom. The molecule has 0 radical (unpaired) electrons. The van der Waals surface area contributed by atoms with Crippen molar-refractivity contribution in [2.24, 2.45) is 0 Å². The Morgan fingerprint density at radius 2 is 2.18 bits per heavy atom. The maximum atomic E-state index is 11.7. The maximum absolute atomic E-state index is 11.7. The fourth-order valence-corrected chi connectivity index (χ4v) is 2.29. The summed E-state index contributed by atoms with van der Waals surface area (Å²) < 4.78 is 0. The van der Waals surface area contributed by atoms with Crippen molar-refractivity contribution in [1.82, 2.24) is 9.97 Å². The van der Waals surface area contributed by atoms with Crippen LogP contribution in [0, 0.1) is 0 Å². The van der Waals surface area contributed by atoms with E-state index in [-0.39, 0.29) is 11.2 Å². The topological polar surface area (TPSA) is 46.1 Å². The van der Waals surface area contributed by atoms with Gasteiger partial charge in [-0.25, -0.2) is 9.97 Å². The van der Waals surface area contributed by atoms with Crippen LogP contribution in [0.15, 0.2) is 30.5 Å². The zero-order valence-corrected chi connectivity index (χ0v) is 9.97. The predicted octanol–water partition coefficient (Wildman–Crippen LogP) is 1.66. The highest BCUT2D eigenvalue weighted by Crippen LogP contribution is 2.22. The third kappa shape index (κ3) is 1.86. The van der Waals surface area contributed by atoms with E-state index in [0.29, 0.717) is 18.9 Å². The lowest BCUT2D eigenvalue weighted by molar-refractivity contribution is -0.117. The predicted molar refractivity (Wildman–Crippen MR) is 69.3 cm³/mol. The average Bonchev–Trinajstić information content (AvgIpc) is 2.68. The lowest BCUT2D eigenvalue weighted by atomic mass is 10.2. The van der Waals surface area contributed by atoms with Crippen molar-refractivity contribution in [3.63, 3.8) is 0 Å². The zero-order valence-electron chi connectivity index (χ0n) is 9.08. The largest absolute Gasteiger partial charge is 0.280 e. The molecule has 0 N–H and O–H groups in total. The van der Waals surface area contributed by atoms with Crippen LogP contribution >= 0.6 is 12.6 Å². The average molecular weight is 245 g/mol. The van der Waals surface area contributed by atoms with E-state index in [2.05, 4.69) is 22.6 Å². The van der Waals surface area contributed by atoms with Crippen LogP contribution in [-0.4, -0.2) is 27.7 Å². The van der Waals surface area contributed by atoms with Gasteiger partial charge in [0.2, 0.25) is 11.9 Å². The van der Waals surface area contributed by atoms with Crippen LogP contribution in [0.1, 0.15) is 6.42 Å². The molecule has 3 rings (SSSR count). The molecule has 4 nitrogen and oxygen atoms in total. The van der Waals surface area contributed by atoms with Gasteiger partial charge in [0.15, 0.2) is 0 Å². The van der Waals surface area contributed by atoms with Crippen LogP contribution < -0.4 is 4.90 Å². The molecule has 5 heteroatoms. The van der Waals surface area contributed by atoms with E-state index >= 15 is 0 Å². The highest BCUT2D eigenvalue weighted by atomic mass is 32.1. The Bertz CT molecular complexity index is 587. The molecule has 0 spiro atoms. The zero-order chi connectivity index (χ0) is 11.8. The number of hydrogen-bond donors (Lipinski definition) is 1. The molecule has 86 valence electrons. The summed E-state index contributed by atoms with van der Waals surface area (Å²) in [7, 11) is 0. The Hall–Kier alpha value is -1.62. The summed E-state index contributed by atoms with van der Waals surface area (Å²) in [6, 6.07) is 7.73. The number of benzene rings is 1. The van der Waals surface area contributed by atoms with Gasteiger partial charge in [-0.1, -0.05) is 18.2 Å². The third-order valence-electron chi connectivity index (χ3n) is 2.82. The first-order valence-electron chi connectivity index (χ1n) is 5.44. The number of nitrogens with zero attached hydrogens (tertiary/aromatic N) is 3. The van der Waals surface area contributed by atoms with Crippen LogP contribution in [0.25, 0.3) is 10.9 Å². The normalized spacial score (nSPS) is 20.2. The van der Waals surface area contributed by atoms with E-state index in [0.717, 1.165) is 10.9 Å². The summed E-state index contributed by atoms with van der Waals surface area (Å²) in [5, 5.41) is 1.06. The van der Waals surface area contributed by atoms with E-state index < -0.39 is 0 Å². The minimum absolute atomic E-state index is 0.0419. The van der Waals surface area contributed by atoms with Crippen molar-refractivity contribution in [2.75, 3.05) is 11.4 Å². The molecule has 2 heterocycles. The molecule has 1 aromatic carbocycles. The number of rotatable bonds is 1. The summed E-state index contributed by atoms with van der Waals surface area (Å²) in [5.41, 5.74) is 0.855. The second-order valence-corrected chi connectivity index (χ2v) is 4.82. The van der Waals surface area contributed by atoms with E-state index in [1.807, 2.05) is 24.3 Å². The Labute approximate surface area is 104 Å². The minimum atomic E-state index is 0.0419. The van der Waals surface area contributed by atoms with Gasteiger partial charge >= 0.3 is 0 Å². The van der Waals surface area contributed by atoms with Crippen LogP contribution in [-0.2, 0) is 4.79 Å². The smallest absolute Gasteiger partial charge is 0.232 e. The Morgan fingerprint density at radius 3 is 2.94 bits per heavy atom. The molecule has 1 atom stereocenters. The van der Waals surface area contributed by atoms with Gasteiger partial charge in [0, 0.05) is 29.8 Å². The molecule has 1 saturated heterocycles. The number of carbonyl (C=O) groups excluding carboxylic acids is 1. The first-order valence-corrected chi connectivity index (χ1v) is 5.96. The molecule has 1 fully saturated rings. The molecular weight excluding hydrogens is 234 g/mol. The molecule has 1 amide bonds. The highest BCUT2D eigenvalue weighted by molar-refractivity contribution is 7.81. The summed E-state index contributed by atoms with van der Waals surface area (Å²) in [4.78, 5) is 22.0. The lowest BCUT2D eigenvalue weighted by Crippen LogP contribution is -2.26. The van der Waals surface area contributed by atoms with Gasteiger partial charge in [-0.3, -0.25) is 9.69 Å². The monoisotopic (exact) mass is 245 g/mol. The van der Waals surface area contributed by atoms with Crippen LogP contribution in [0.5, 0.6) is 0 Å². The van der Waals surface area contributed by atoms with Gasteiger partial charge in [-0.2, -0.15) is 12.6 Å². The number of aromatic nitrogens is 2. The van der Waals surface area contributed by atoms with E-state index in [4.69, 9.17) is 0 Å². The first kappa shape index (κ1) is 10.5. The summed E-state index contributed by atoms with van der Waals surface area (Å²) in [5.74, 6) is 0.519. The molecule has 0 saturated carbocycles. The Kier molecular flexibility index (Phi) is 2.48. The van der Waals surface area contributed by atoms with Crippen LogP contribution in [0.3, 0.4) is 0 Å². The Balaban J connectivity index is 2.03. The van der Waals surface area contributed by atoms with E-state index in [1.165, 1.54) is 0 Å². The number of hydrogen-bond acceptors (Lipinski definition) is 4. The number of amides is 1. The highest BCUT2D eigenvalue weighted by Gasteiger charge is 2.30. The molecular formula is C12H11N3OS. The van der Waals surface area contributed by atoms with Crippen LogP contribution in [0.4, 0.5) is 5.95 Å². The van der Waals surface area contributed by atoms with Gasteiger partial charge < -0.3 is 0 Å². The fourth-order valence-electron chi connectivity index (χ4n) is 1.97. The third-order valence-corrected chi connectivity index (χ3v) is 3.17. The van der Waals surface area contributed by atoms with Gasteiger partial charge in [-0.15, -0.1) is 0 Å². The van der Waals surface area contributed by atoms with Gasteiger partial charge in [0.1, 0.15) is 0 Å². The molecule has 0 aliphatic carbocycles. The van der Waals surface area contributed by atoms with E-state index in [1.54, 1.807) is 11.1 Å². The second kappa shape index (κ2) is 4.00. The molecule has 1 aliphatic rings. The van der Waals surface area contributed by atoms with Crippen molar-refractivity contribution in [3.8, 4) is 0 Å². The van der Waals surface area contributed by atoms with Crippen molar-refractivity contribution in [1.29, 1.82) is 0 Å². The number of anilines is 1. The van der Waals surface area contributed by atoms with Crippen molar-refractivity contribution in [2.45, 2.75) is 11.7 Å². The van der Waals surface area contributed by atoms with Crippen molar-refractivity contribution >= 4 is 35.4 Å². The quantitative estimate of drug-likeness (QED) is 0.777. The van der Waals surface area contributed by atoms with Crippen LogP contribution in [0.2, 0.25) is 0 Å².